The lowest BCUT2D eigenvalue weighted by molar-refractivity contribution is 0.417. The maximum absolute atomic E-state index is 5.30. The monoisotopic (exact) mass is 256 g/mol. The van der Waals surface area contributed by atoms with Crippen molar-refractivity contribution in [3.05, 3.63) is 36.7 Å². The minimum absolute atomic E-state index is 0.578. The van der Waals surface area contributed by atoms with Gasteiger partial charge in [0, 0.05) is 12.1 Å². The zero-order valence-corrected chi connectivity index (χ0v) is 10.8. The van der Waals surface area contributed by atoms with E-state index in [1.54, 1.807) is 13.4 Å². The van der Waals surface area contributed by atoms with Crippen molar-refractivity contribution in [2.45, 2.75) is 18.9 Å². The van der Waals surface area contributed by atoms with Crippen LogP contribution in [0.25, 0.3) is 0 Å². The number of aromatic nitrogens is 2. The standard InChI is InChI=1S/C14H16N4O/c1-19-12-5-3-2-4-11(12)18-14-8-13(15-9-16-14)17-10-6-7-10/h2-5,8-10H,6-7H2,1H3,(H2,15,16,17,18). The summed E-state index contributed by atoms with van der Waals surface area (Å²) in [6.07, 6.45) is 4.00. The van der Waals surface area contributed by atoms with Crippen LogP contribution in [0.1, 0.15) is 12.8 Å². The van der Waals surface area contributed by atoms with Crippen molar-refractivity contribution in [3.8, 4) is 5.75 Å². The van der Waals surface area contributed by atoms with Crippen molar-refractivity contribution in [2.75, 3.05) is 17.7 Å². The van der Waals surface area contributed by atoms with E-state index in [2.05, 4.69) is 20.6 Å². The first-order valence-corrected chi connectivity index (χ1v) is 6.34. The van der Waals surface area contributed by atoms with Gasteiger partial charge in [0.25, 0.3) is 0 Å². The molecule has 0 bridgehead atoms. The van der Waals surface area contributed by atoms with E-state index in [-0.39, 0.29) is 0 Å². The summed E-state index contributed by atoms with van der Waals surface area (Å²) in [5.41, 5.74) is 0.890. The van der Waals surface area contributed by atoms with Gasteiger partial charge in [-0.3, -0.25) is 0 Å². The Hall–Kier alpha value is -2.30. The summed E-state index contributed by atoms with van der Waals surface area (Å²) in [6, 6.07) is 10.2. The van der Waals surface area contributed by atoms with E-state index in [0.29, 0.717) is 6.04 Å². The molecule has 1 aromatic heterocycles. The molecule has 5 heteroatoms. The van der Waals surface area contributed by atoms with Crippen LogP contribution in [0.15, 0.2) is 36.7 Å². The van der Waals surface area contributed by atoms with Crippen LogP contribution in [0.2, 0.25) is 0 Å². The van der Waals surface area contributed by atoms with Gasteiger partial charge in [-0.25, -0.2) is 9.97 Å². The van der Waals surface area contributed by atoms with Crippen LogP contribution < -0.4 is 15.4 Å². The molecule has 0 radical (unpaired) electrons. The lowest BCUT2D eigenvalue weighted by Crippen LogP contribution is -2.04. The van der Waals surface area contributed by atoms with E-state index in [1.165, 1.54) is 12.8 Å². The van der Waals surface area contributed by atoms with Crippen molar-refractivity contribution in [1.82, 2.24) is 9.97 Å². The maximum Gasteiger partial charge on any atom is 0.142 e. The Morgan fingerprint density at radius 1 is 1.16 bits per heavy atom. The Labute approximate surface area is 112 Å². The van der Waals surface area contributed by atoms with Gasteiger partial charge in [0.2, 0.25) is 0 Å². The van der Waals surface area contributed by atoms with Crippen LogP contribution in [-0.2, 0) is 0 Å². The Morgan fingerprint density at radius 2 is 1.95 bits per heavy atom. The van der Waals surface area contributed by atoms with Gasteiger partial charge in [-0.05, 0) is 25.0 Å². The molecule has 1 saturated carbocycles. The third kappa shape index (κ3) is 2.93. The van der Waals surface area contributed by atoms with Crippen LogP contribution >= 0.6 is 0 Å². The normalized spacial score (nSPS) is 13.9. The first kappa shape index (κ1) is 11.8. The molecule has 1 aliphatic carbocycles. The quantitative estimate of drug-likeness (QED) is 0.861. The molecule has 0 atom stereocenters. The molecular formula is C14H16N4O. The number of nitrogens with zero attached hydrogens (tertiary/aromatic N) is 2. The molecule has 0 unspecified atom stereocenters. The number of para-hydroxylation sites is 2. The second kappa shape index (κ2) is 5.14. The average molecular weight is 256 g/mol. The number of ether oxygens (including phenoxy) is 1. The molecule has 19 heavy (non-hydrogen) atoms. The highest BCUT2D eigenvalue weighted by molar-refractivity contribution is 5.65. The number of hydrogen-bond donors (Lipinski definition) is 2. The molecular weight excluding hydrogens is 240 g/mol. The largest absolute Gasteiger partial charge is 0.495 e. The van der Waals surface area contributed by atoms with Crippen molar-refractivity contribution in [3.63, 3.8) is 0 Å². The highest BCUT2D eigenvalue weighted by Gasteiger charge is 2.21. The summed E-state index contributed by atoms with van der Waals surface area (Å²) in [7, 11) is 1.65. The van der Waals surface area contributed by atoms with E-state index in [1.807, 2.05) is 30.3 Å². The van der Waals surface area contributed by atoms with Gasteiger partial charge in [-0.2, -0.15) is 0 Å². The van der Waals surface area contributed by atoms with E-state index < -0.39 is 0 Å². The predicted molar refractivity (Wildman–Crippen MR) is 75.0 cm³/mol. The number of nitrogens with one attached hydrogen (secondary N) is 2. The van der Waals surface area contributed by atoms with Crippen LogP contribution in [0.4, 0.5) is 17.3 Å². The molecule has 1 fully saturated rings. The van der Waals surface area contributed by atoms with Crippen LogP contribution in [-0.4, -0.2) is 23.1 Å². The van der Waals surface area contributed by atoms with E-state index in [9.17, 15) is 0 Å². The summed E-state index contributed by atoms with van der Waals surface area (Å²) >= 11 is 0. The Kier molecular flexibility index (Phi) is 3.18. The van der Waals surface area contributed by atoms with Crippen molar-refractivity contribution < 1.29 is 4.74 Å². The molecule has 0 aliphatic heterocycles. The van der Waals surface area contributed by atoms with Gasteiger partial charge in [0.1, 0.15) is 23.7 Å². The van der Waals surface area contributed by atoms with Crippen LogP contribution in [0.5, 0.6) is 5.75 Å². The molecule has 0 saturated heterocycles. The summed E-state index contributed by atoms with van der Waals surface area (Å²) in [4.78, 5) is 8.43. The highest BCUT2D eigenvalue weighted by atomic mass is 16.5. The summed E-state index contributed by atoms with van der Waals surface area (Å²) in [5, 5.41) is 6.59. The molecule has 98 valence electrons. The van der Waals surface area contributed by atoms with Gasteiger partial charge in [-0.1, -0.05) is 12.1 Å². The summed E-state index contributed by atoms with van der Waals surface area (Å²) in [6.45, 7) is 0. The van der Waals surface area contributed by atoms with Gasteiger partial charge >= 0.3 is 0 Å². The molecule has 1 aliphatic rings. The van der Waals surface area contributed by atoms with E-state index in [0.717, 1.165) is 23.1 Å². The average Bonchev–Trinajstić information content (AvgIpc) is 3.24. The zero-order valence-electron chi connectivity index (χ0n) is 10.8. The first-order valence-electron chi connectivity index (χ1n) is 6.34. The Bertz CT molecular complexity index is 569. The second-order valence-corrected chi connectivity index (χ2v) is 4.53. The molecule has 0 spiro atoms. The molecule has 0 amide bonds. The topological polar surface area (TPSA) is 59.1 Å². The number of hydrogen-bond acceptors (Lipinski definition) is 5. The fourth-order valence-electron chi connectivity index (χ4n) is 1.83. The molecule has 1 aromatic carbocycles. The van der Waals surface area contributed by atoms with Crippen molar-refractivity contribution in [1.29, 1.82) is 0 Å². The third-order valence-electron chi connectivity index (χ3n) is 2.97. The summed E-state index contributed by atoms with van der Waals surface area (Å²) in [5.74, 6) is 2.40. The Morgan fingerprint density at radius 3 is 2.74 bits per heavy atom. The number of benzene rings is 1. The smallest absolute Gasteiger partial charge is 0.142 e. The van der Waals surface area contributed by atoms with Crippen LogP contribution in [0.3, 0.4) is 0 Å². The fourth-order valence-corrected chi connectivity index (χ4v) is 1.83. The number of rotatable bonds is 5. The van der Waals surface area contributed by atoms with Gasteiger partial charge in [0.15, 0.2) is 0 Å². The minimum atomic E-state index is 0.578. The third-order valence-corrected chi connectivity index (χ3v) is 2.97. The SMILES string of the molecule is COc1ccccc1Nc1cc(NC2CC2)ncn1. The maximum atomic E-state index is 5.30. The molecule has 3 rings (SSSR count). The van der Waals surface area contributed by atoms with Crippen molar-refractivity contribution >= 4 is 17.3 Å². The van der Waals surface area contributed by atoms with Gasteiger partial charge in [-0.15, -0.1) is 0 Å². The molecule has 2 N–H and O–H groups in total. The van der Waals surface area contributed by atoms with Crippen LogP contribution in [0, 0.1) is 0 Å². The molecule has 1 heterocycles. The second-order valence-electron chi connectivity index (χ2n) is 4.53. The lowest BCUT2D eigenvalue weighted by Gasteiger charge is -2.11. The first-order chi connectivity index (χ1) is 9.35. The summed E-state index contributed by atoms with van der Waals surface area (Å²) < 4.78 is 5.30. The highest BCUT2D eigenvalue weighted by Crippen LogP contribution is 2.28. The zero-order chi connectivity index (χ0) is 13.1. The van der Waals surface area contributed by atoms with E-state index >= 15 is 0 Å². The number of anilines is 3. The predicted octanol–water partition coefficient (Wildman–Crippen LogP) is 2.80. The van der Waals surface area contributed by atoms with E-state index in [4.69, 9.17) is 4.74 Å². The molecule has 5 nitrogen and oxygen atoms in total. The van der Waals surface area contributed by atoms with Crippen molar-refractivity contribution in [2.24, 2.45) is 0 Å². The van der Waals surface area contributed by atoms with Gasteiger partial charge in [0.05, 0.1) is 12.8 Å². The fraction of sp³-hybridized carbons (Fsp3) is 0.286. The lowest BCUT2D eigenvalue weighted by atomic mass is 10.3. The number of methoxy groups -OCH3 is 1. The molecule has 2 aromatic rings. The minimum Gasteiger partial charge on any atom is -0.495 e. The van der Waals surface area contributed by atoms with Gasteiger partial charge < -0.3 is 15.4 Å². The Balaban J connectivity index is 1.78.